The number of halogens is 2. The predicted octanol–water partition coefficient (Wildman–Crippen LogP) is 2.88. The number of ether oxygens (including phenoxy) is 2. The van der Waals surface area contributed by atoms with E-state index in [9.17, 15) is 13.6 Å². The standard InChI is InChI=1S/C26H31F2N7O3SSe/c1-25(13-38-14-25)32-39-16-11-17-19(22-29-30-23(40-22)21(27)28)20(15-3-4-15)31-35(17)18(12-16)33-7-9-34(10-8-33)24(36)26(37-2)5-6-26/h11-12,15,21,32H,3-10,13-14H2,1-2H3. The van der Waals surface area contributed by atoms with Crippen molar-refractivity contribution in [1.82, 2.24) is 29.4 Å². The van der Waals surface area contributed by atoms with E-state index in [1.807, 2.05) is 9.42 Å². The van der Waals surface area contributed by atoms with Gasteiger partial charge < -0.3 is 0 Å². The molecule has 7 rings (SSSR count). The number of pyridine rings is 1. The topological polar surface area (TPSA) is 97.1 Å². The number of nitrogens with one attached hydrogen (secondary N) is 1. The van der Waals surface area contributed by atoms with Gasteiger partial charge in [0.15, 0.2) is 0 Å². The van der Waals surface area contributed by atoms with Gasteiger partial charge in [0.25, 0.3) is 0 Å². The summed E-state index contributed by atoms with van der Waals surface area (Å²) in [5.74, 6) is 1.30. The van der Waals surface area contributed by atoms with Crippen molar-refractivity contribution in [3.8, 4) is 10.1 Å². The normalized spacial score (nSPS) is 21.7. The first kappa shape index (κ1) is 26.8. The Kier molecular flexibility index (Phi) is 6.71. The first-order chi connectivity index (χ1) is 19.3. The zero-order chi connectivity index (χ0) is 27.6. The van der Waals surface area contributed by atoms with Gasteiger partial charge >= 0.3 is 234 Å². The fourth-order valence-electron chi connectivity index (χ4n) is 5.39. The minimum atomic E-state index is -2.60. The second-order valence-corrected chi connectivity index (χ2v) is 14.4. The van der Waals surface area contributed by atoms with Gasteiger partial charge in [-0.3, -0.25) is 0 Å². The molecule has 214 valence electrons. The Morgan fingerprint density at radius 3 is 2.52 bits per heavy atom. The van der Waals surface area contributed by atoms with Crippen LogP contribution in [0.3, 0.4) is 0 Å². The van der Waals surface area contributed by atoms with E-state index in [4.69, 9.17) is 14.6 Å². The molecule has 3 aromatic rings. The van der Waals surface area contributed by atoms with Crippen molar-refractivity contribution in [2.24, 2.45) is 0 Å². The maximum absolute atomic E-state index is 13.5. The van der Waals surface area contributed by atoms with Gasteiger partial charge in [0.2, 0.25) is 0 Å². The van der Waals surface area contributed by atoms with Crippen LogP contribution in [0.25, 0.3) is 15.6 Å². The average Bonchev–Trinajstić information content (AvgIpc) is 3.86. The molecule has 0 spiro atoms. The molecule has 2 saturated carbocycles. The van der Waals surface area contributed by atoms with Gasteiger partial charge in [-0.2, -0.15) is 0 Å². The van der Waals surface area contributed by atoms with Crippen LogP contribution in [0.2, 0.25) is 0 Å². The van der Waals surface area contributed by atoms with Crippen LogP contribution in [-0.4, -0.2) is 103 Å². The number of fused-ring (bicyclic) bond motifs is 1. The zero-order valence-corrected chi connectivity index (χ0v) is 24.9. The molecular weight excluding hydrogens is 607 g/mol. The molecule has 0 bridgehead atoms. The molecule has 5 heterocycles. The van der Waals surface area contributed by atoms with E-state index in [0.29, 0.717) is 49.9 Å². The number of piperazine rings is 1. The summed E-state index contributed by atoms with van der Waals surface area (Å²) in [5.41, 5.74) is 1.90. The molecule has 4 aliphatic rings. The second-order valence-electron chi connectivity index (χ2n) is 11.4. The van der Waals surface area contributed by atoms with Crippen LogP contribution in [0.4, 0.5) is 14.6 Å². The van der Waals surface area contributed by atoms with Crippen molar-refractivity contribution in [2.45, 2.75) is 61.0 Å². The third kappa shape index (κ3) is 4.76. The molecule has 2 aliphatic heterocycles. The van der Waals surface area contributed by atoms with E-state index in [-0.39, 0.29) is 16.0 Å². The SMILES string of the molecule is COC1(C(=O)N2CCN(c3cc(SNC4(C)COC4)cc4c(-c5nnc(C(F)F)[se]5)c(C5CC5)nn34)CC2)CC1. The van der Waals surface area contributed by atoms with Crippen molar-refractivity contribution in [1.29, 1.82) is 0 Å². The number of carbonyl (C=O) groups is 1. The van der Waals surface area contributed by atoms with Crippen molar-refractivity contribution < 1.29 is 23.0 Å². The third-order valence-corrected chi connectivity index (χ3v) is 11.2. The van der Waals surface area contributed by atoms with E-state index in [1.165, 1.54) is 0 Å². The van der Waals surface area contributed by atoms with Crippen molar-refractivity contribution >= 4 is 43.7 Å². The van der Waals surface area contributed by atoms with Crippen molar-refractivity contribution in [3.63, 3.8) is 0 Å². The Labute approximate surface area is 240 Å². The first-order valence-corrected chi connectivity index (χ1v) is 16.1. The summed E-state index contributed by atoms with van der Waals surface area (Å²) in [6.07, 6.45) is 1.01. The number of rotatable bonds is 9. The molecule has 10 nitrogen and oxygen atoms in total. The molecule has 2 saturated heterocycles. The van der Waals surface area contributed by atoms with Crippen LogP contribution in [0.5, 0.6) is 0 Å². The Balaban J connectivity index is 1.26. The van der Waals surface area contributed by atoms with Crippen molar-refractivity contribution in [2.75, 3.05) is 51.4 Å². The molecule has 0 radical (unpaired) electrons. The molecular formula is C26H31F2N7O3SSe. The Hall–Kier alpha value is -2.09. The van der Waals surface area contributed by atoms with Crippen LogP contribution in [0.15, 0.2) is 17.0 Å². The number of methoxy groups -OCH3 is 1. The molecule has 0 unspecified atom stereocenters. The molecule has 0 aromatic carbocycles. The Morgan fingerprint density at radius 1 is 1.20 bits per heavy atom. The first-order valence-electron chi connectivity index (χ1n) is 13.6. The van der Waals surface area contributed by atoms with E-state index >= 15 is 0 Å². The van der Waals surface area contributed by atoms with E-state index in [0.717, 1.165) is 53.2 Å². The van der Waals surface area contributed by atoms with Gasteiger partial charge in [-0.1, -0.05) is 0 Å². The van der Waals surface area contributed by atoms with Gasteiger partial charge in [-0.15, -0.1) is 0 Å². The van der Waals surface area contributed by atoms with E-state index < -0.39 is 26.5 Å². The molecule has 14 heteroatoms. The summed E-state index contributed by atoms with van der Waals surface area (Å²) in [7, 11) is 1.61. The molecule has 0 atom stereocenters. The minimum absolute atomic E-state index is 0.0815. The number of hydrogen-bond acceptors (Lipinski definition) is 9. The number of hydrogen-bond donors (Lipinski definition) is 1. The number of carbonyl (C=O) groups excluding carboxylic acids is 1. The Bertz CT molecular complexity index is 1450. The maximum atomic E-state index is 13.5. The zero-order valence-electron chi connectivity index (χ0n) is 22.4. The average molecular weight is 639 g/mol. The number of alkyl halides is 2. The summed E-state index contributed by atoms with van der Waals surface area (Å²) in [6, 6.07) is 4.20. The van der Waals surface area contributed by atoms with Crippen LogP contribution in [-0.2, 0) is 14.3 Å². The van der Waals surface area contributed by atoms with Crippen LogP contribution in [0.1, 0.15) is 55.2 Å². The van der Waals surface area contributed by atoms with Crippen LogP contribution < -0.4 is 9.62 Å². The molecule has 1 amide bonds. The van der Waals surface area contributed by atoms with Crippen molar-refractivity contribution in [3.05, 3.63) is 22.4 Å². The van der Waals surface area contributed by atoms with Crippen LogP contribution >= 0.6 is 11.9 Å². The summed E-state index contributed by atoms with van der Waals surface area (Å²) >= 11 is 0.897. The van der Waals surface area contributed by atoms with Gasteiger partial charge in [0, 0.05) is 7.11 Å². The van der Waals surface area contributed by atoms with E-state index in [2.05, 4.69) is 38.9 Å². The molecule has 4 fully saturated rings. The number of amides is 1. The Morgan fingerprint density at radius 2 is 1.95 bits per heavy atom. The van der Waals surface area contributed by atoms with Crippen LogP contribution in [0, 0.1) is 0 Å². The number of aromatic nitrogens is 4. The summed E-state index contributed by atoms with van der Waals surface area (Å²) in [4.78, 5) is 18.2. The summed E-state index contributed by atoms with van der Waals surface area (Å²) < 4.78 is 43.9. The predicted molar refractivity (Wildman–Crippen MR) is 146 cm³/mol. The fraction of sp³-hybridized carbons (Fsp3) is 0.615. The second kappa shape index (κ2) is 10.0. The summed E-state index contributed by atoms with van der Waals surface area (Å²) in [5, 5.41) is 13.1. The quantitative estimate of drug-likeness (QED) is 0.281. The number of anilines is 1. The number of nitrogens with zero attached hydrogens (tertiary/aromatic N) is 6. The van der Waals surface area contributed by atoms with Gasteiger partial charge in [0.1, 0.15) is 0 Å². The summed E-state index contributed by atoms with van der Waals surface area (Å²) in [6.45, 7) is 5.93. The van der Waals surface area contributed by atoms with E-state index in [1.54, 1.807) is 19.1 Å². The monoisotopic (exact) mass is 639 g/mol. The van der Waals surface area contributed by atoms with Gasteiger partial charge in [-0.25, -0.2) is 0 Å². The molecule has 1 N–H and O–H groups in total. The molecule has 3 aromatic heterocycles. The van der Waals surface area contributed by atoms with Gasteiger partial charge in [0.05, 0.1) is 0 Å². The molecule has 2 aliphatic carbocycles. The van der Waals surface area contributed by atoms with Gasteiger partial charge in [-0.05, 0) is 0 Å². The third-order valence-electron chi connectivity index (χ3n) is 8.15. The fourth-order valence-corrected chi connectivity index (χ4v) is 7.80. The molecule has 40 heavy (non-hydrogen) atoms.